The van der Waals surface area contributed by atoms with Crippen LogP contribution >= 0.6 is 11.3 Å². The number of carbonyl (C=O) groups is 1. The lowest BCUT2D eigenvalue weighted by atomic mass is 10.1. The molecule has 5 heteroatoms. The maximum absolute atomic E-state index is 11.5. The maximum Gasteiger partial charge on any atom is 0.348 e. The van der Waals surface area contributed by atoms with Gasteiger partial charge in [-0.15, -0.1) is 0 Å². The van der Waals surface area contributed by atoms with E-state index in [1.165, 1.54) is 17.8 Å². The predicted octanol–water partition coefficient (Wildman–Crippen LogP) is 3.60. The lowest BCUT2D eigenvalue weighted by molar-refractivity contribution is 0.0702. The molecule has 1 saturated carbocycles. The highest BCUT2D eigenvalue weighted by Gasteiger charge is 2.34. The van der Waals surface area contributed by atoms with E-state index >= 15 is 0 Å². The molecule has 110 valence electrons. The topological polar surface area (TPSA) is 53.4 Å². The van der Waals surface area contributed by atoms with E-state index in [1.807, 2.05) is 37.4 Å². The van der Waals surface area contributed by atoms with Crippen LogP contribution in [0.3, 0.4) is 0 Å². The van der Waals surface area contributed by atoms with Crippen molar-refractivity contribution in [1.29, 1.82) is 0 Å². The first-order valence-corrected chi connectivity index (χ1v) is 7.88. The molecule has 2 unspecified atom stereocenters. The van der Waals surface area contributed by atoms with E-state index in [0.29, 0.717) is 16.5 Å². The summed E-state index contributed by atoms with van der Waals surface area (Å²) in [5.74, 6) is 0.582. The zero-order chi connectivity index (χ0) is 15.0. The van der Waals surface area contributed by atoms with Crippen molar-refractivity contribution in [2.45, 2.75) is 13.3 Å². The number of carboxylic acid groups (broad SMARTS) is 1. The molecule has 1 aromatic carbocycles. The zero-order valence-electron chi connectivity index (χ0n) is 12.1. The van der Waals surface area contributed by atoms with E-state index in [-0.39, 0.29) is 0 Å². The van der Waals surface area contributed by atoms with Crippen molar-refractivity contribution in [2.24, 2.45) is 11.8 Å². The molecule has 0 spiro atoms. The largest absolute Gasteiger partial charge is 0.477 e. The smallest absolute Gasteiger partial charge is 0.348 e. The van der Waals surface area contributed by atoms with Gasteiger partial charge in [-0.2, -0.15) is 0 Å². The fourth-order valence-electron chi connectivity index (χ4n) is 2.49. The Bertz CT molecular complexity index is 654. The molecule has 0 amide bonds. The summed E-state index contributed by atoms with van der Waals surface area (Å²) in [4.78, 5) is 18.4. The second kappa shape index (κ2) is 5.48. The Balaban J connectivity index is 1.91. The van der Waals surface area contributed by atoms with Crippen LogP contribution in [0.4, 0.5) is 5.13 Å². The molecule has 0 aliphatic heterocycles. The summed E-state index contributed by atoms with van der Waals surface area (Å²) in [6, 6.07) is 9.51. The Labute approximate surface area is 128 Å². The normalized spacial score (nSPS) is 20.3. The Kier molecular flexibility index (Phi) is 3.68. The number of rotatable bonds is 5. The molecule has 4 nitrogen and oxygen atoms in total. The molecular weight excluding hydrogens is 284 g/mol. The number of aromatic nitrogens is 1. The number of carboxylic acids is 1. The van der Waals surface area contributed by atoms with Crippen molar-refractivity contribution >= 4 is 22.4 Å². The number of benzene rings is 1. The molecule has 0 radical (unpaired) electrons. The summed E-state index contributed by atoms with van der Waals surface area (Å²) >= 11 is 1.26. The quantitative estimate of drug-likeness (QED) is 0.917. The van der Waals surface area contributed by atoms with Crippen molar-refractivity contribution in [1.82, 2.24) is 4.98 Å². The van der Waals surface area contributed by atoms with Crippen molar-refractivity contribution < 1.29 is 9.90 Å². The summed E-state index contributed by atoms with van der Waals surface area (Å²) < 4.78 is 0. The van der Waals surface area contributed by atoms with E-state index in [4.69, 9.17) is 0 Å². The summed E-state index contributed by atoms with van der Waals surface area (Å²) in [6.07, 6.45) is 1.26. The average Bonchev–Trinajstić information content (AvgIpc) is 3.00. The zero-order valence-corrected chi connectivity index (χ0v) is 12.9. The number of aromatic carboxylic acids is 1. The first-order valence-electron chi connectivity index (χ1n) is 7.07. The van der Waals surface area contributed by atoms with Gasteiger partial charge in [0.2, 0.25) is 0 Å². The average molecular weight is 302 g/mol. The van der Waals surface area contributed by atoms with Gasteiger partial charge in [0.15, 0.2) is 5.13 Å². The standard InChI is InChI=1S/C16H18N2O2S/c1-10-8-12(10)9-18(2)16-17-13(14(21-16)15(19)20)11-6-4-3-5-7-11/h3-7,10,12H,8-9H2,1-2H3,(H,19,20). The minimum absolute atomic E-state index is 0.312. The molecule has 21 heavy (non-hydrogen) atoms. The van der Waals surface area contributed by atoms with Crippen molar-refractivity contribution in [3.8, 4) is 11.3 Å². The number of hydrogen-bond acceptors (Lipinski definition) is 4. The first kappa shape index (κ1) is 14.1. The highest BCUT2D eigenvalue weighted by atomic mass is 32.1. The monoisotopic (exact) mass is 302 g/mol. The third-order valence-electron chi connectivity index (χ3n) is 3.97. The van der Waals surface area contributed by atoms with Crippen molar-refractivity contribution in [3.05, 3.63) is 35.2 Å². The van der Waals surface area contributed by atoms with Crippen LogP contribution in [0.15, 0.2) is 30.3 Å². The van der Waals surface area contributed by atoms with E-state index in [2.05, 4.69) is 16.8 Å². The first-order chi connectivity index (χ1) is 10.1. The Morgan fingerprint density at radius 3 is 2.67 bits per heavy atom. The summed E-state index contributed by atoms with van der Waals surface area (Å²) in [6.45, 7) is 3.19. The molecule has 1 aromatic heterocycles. The lowest BCUT2D eigenvalue weighted by Crippen LogP contribution is -2.20. The molecule has 2 aromatic rings. The summed E-state index contributed by atoms with van der Waals surface area (Å²) in [5.41, 5.74) is 1.42. The molecule has 1 heterocycles. The van der Waals surface area contributed by atoms with Gasteiger partial charge in [-0.3, -0.25) is 0 Å². The van der Waals surface area contributed by atoms with Gasteiger partial charge in [-0.05, 0) is 18.3 Å². The molecule has 0 bridgehead atoms. The third kappa shape index (κ3) is 2.93. The third-order valence-corrected chi connectivity index (χ3v) is 5.13. The number of anilines is 1. The van der Waals surface area contributed by atoms with Crippen LogP contribution in [0.2, 0.25) is 0 Å². The highest BCUT2D eigenvalue weighted by Crippen LogP contribution is 2.40. The molecule has 2 atom stereocenters. The SMILES string of the molecule is CC1CC1CN(C)c1nc(-c2ccccc2)c(C(=O)O)s1. The van der Waals surface area contributed by atoms with E-state index in [9.17, 15) is 9.90 Å². The van der Waals surface area contributed by atoms with Gasteiger partial charge in [-0.1, -0.05) is 48.6 Å². The van der Waals surface area contributed by atoms with Gasteiger partial charge >= 0.3 is 5.97 Å². The fourth-order valence-corrected chi connectivity index (χ4v) is 3.39. The van der Waals surface area contributed by atoms with Gasteiger partial charge in [-0.25, -0.2) is 9.78 Å². The van der Waals surface area contributed by atoms with E-state index < -0.39 is 5.97 Å². The lowest BCUT2D eigenvalue weighted by Gasteiger charge is -2.14. The van der Waals surface area contributed by atoms with Crippen LogP contribution in [0.1, 0.15) is 23.0 Å². The van der Waals surface area contributed by atoms with Crippen molar-refractivity contribution in [2.75, 3.05) is 18.5 Å². The number of thiazole rings is 1. The van der Waals surface area contributed by atoms with Gasteiger partial charge in [0, 0.05) is 19.2 Å². The van der Waals surface area contributed by atoms with Crippen LogP contribution < -0.4 is 4.90 Å². The second-order valence-corrected chi connectivity index (χ2v) is 6.68. The Hall–Kier alpha value is -1.88. The summed E-state index contributed by atoms with van der Waals surface area (Å²) in [7, 11) is 1.99. The molecule has 0 saturated heterocycles. The van der Waals surface area contributed by atoms with Gasteiger partial charge in [0.05, 0.1) is 5.69 Å². The molecule has 3 rings (SSSR count). The molecule has 1 fully saturated rings. The van der Waals surface area contributed by atoms with Crippen LogP contribution in [0.5, 0.6) is 0 Å². The second-order valence-electron chi connectivity index (χ2n) is 5.70. The number of hydrogen-bond donors (Lipinski definition) is 1. The van der Waals surface area contributed by atoms with Crippen LogP contribution in [-0.4, -0.2) is 29.7 Å². The summed E-state index contributed by atoms with van der Waals surface area (Å²) in [5, 5.41) is 10.2. The van der Waals surface area contributed by atoms with E-state index in [0.717, 1.165) is 23.2 Å². The molecule has 1 aliphatic rings. The molecule has 1 N–H and O–H groups in total. The highest BCUT2D eigenvalue weighted by molar-refractivity contribution is 7.17. The van der Waals surface area contributed by atoms with Gasteiger partial charge in [0.1, 0.15) is 4.88 Å². The minimum atomic E-state index is -0.911. The van der Waals surface area contributed by atoms with Gasteiger partial charge < -0.3 is 10.0 Å². The van der Waals surface area contributed by atoms with Crippen LogP contribution in [0, 0.1) is 11.8 Å². The van der Waals surface area contributed by atoms with Crippen LogP contribution in [-0.2, 0) is 0 Å². The Morgan fingerprint density at radius 1 is 1.43 bits per heavy atom. The fraction of sp³-hybridized carbons (Fsp3) is 0.375. The maximum atomic E-state index is 11.5. The Morgan fingerprint density at radius 2 is 2.10 bits per heavy atom. The molecule has 1 aliphatic carbocycles. The van der Waals surface area contributed by atoms with Crippen LogP contribution in [0.25, 0.3) is 11.3 Å². The van der Waals surface area contributed by atoms with Crippen molar-refractivity contribution in [3.63, 3.8) is 0 Å². The van der Waals surface area contributed by atoms with E-state index in [1.54, 1.807) is 0 Å². The number of nitrogens with zero attached hydrogens (tertiary/aromatic N) is 2. The minimum Gasteiger partial charge on any atom is -0.477 e. The van der Waals surface area contributed by atoms with Gasteiger partial charge in [0.25, 0.3) is 0 Å². The predicted molar refractivity (Wildman–Crippen MR) is 85.1 cm³/mol. The molecular formula is C16H18N2O2S.